The molecule has 4 heteroatoms. The van der Waals surface area contributed by atoms with Crippen LogP contribution in [-0.2, 0) is 9.59 Å². The van der Waals surface area contributed by atoms with E-state index < -0.39 is 5.97 Å². The van der Waals surface area contributed by atoms with Gasteiger partial charge in [-0.2, -0.15) is 0 Å². The van der Waals surface area contributed by atoms with Crippen molar-refractivity contribution < 1.29 is 14.7 Å². The van der Waals surface area contributed by atoms with Crippen LogP contribution in [0.1, 0.15) is 13.8 Å². The van der Waals surface area contributed by atoms with Gasteiger partial charge in [-0.05, 0) is 26.0 Å². The van der Waals surface area contributed by atoms with Crippen LogP contribution in [0, 0.1) is 0 Å². The summed E-state index contributed by atoms with van der Waals surface area (Å²) in [6.45, 7) is 2.94. The van der Waals surface area contributed by atoms with E-state index in [0.29, 0.717) is 0 Å². The third-order valence-electron chi connectivity index (χ3n) is 2.65. The van der Waals surface area contributed by atoms with Crippen LogP contribution in [0.15, 0.2) is 41.5 Å². The Morgan fingerprint density at radius 2 is 1.59 bits per heavy atom. The summed E-state index contributed by atoms with van der Waals surface area (Å²) in [5.41, 5.74) is 1.04. The van der Waals surface area contributed by atoms with Gasteiger partial charge in [-0.25, -0.2) is 4.79 Å². The average Bonchev–Trinajstić information content (AvgIpc) is 2.36. The van der Waals surface area contributed by atoms with Gasteiger partial charge in [-0.1, -0.05) is 18.2 Å². The van der Waals surface area contributed by atoms with E-state index in [2.05, 4.69) is 0 Å². The first-order valence-electron chi connectivity index (χ1n) is 5.19. The molecule has 4 nitrogen and oxygen atoms in total. The summed E-state index contributed by atoms with van der Waals surface area (Å²) in [6, 6.07) is 9.08. The first-order valence-corrected chi connectivity index (χ1v) is 5.19. The van der Waals surface area contributed by atoms with Crippen molar-refractivity contribution in [2.24, 2.45) is 0 Å². The first kappa shape index (κ1) is 13.0. The fourth-order valence-electron chi connectivity index (χ4n) is 1.34. The summed E-state index contributed by atoms with van der Waals surface area (Å²) >= 11 is 0. The summed E-state index contributed by atoms with van der Waals surface area (Å²) < 4.78 is 0. The molecule has 0 atom stereocenters. The Hall–Kier alpha value is -2.10. The predicted molar refractivity (Wildman–Crippen MR) is 65.9 cm³/mol. The summed E-state index contributed by atoms with van der Waals surface area (Å²) in [4.78, 5) is 24.2. The Kier molecular flexibility index (Phi) is 4.04. The first-order chi connectivity index (χ1) is 7.95. The highest BCUT2D eigenvalue weighted by atomic mass is 16.4. The van der Waals surface area contributed by atoms with E-state index in [-0.39, 0.29) is 17.1 Å². The van der Waals surface area contributed by atoms with Gasteiger partial charge in [0.15, 0.2) is 0 Å². The number of hydrogen-bond acceptors (Lipinski definition) is 2. The Balaban J connectivity index is 3.00. The standard InChI is InChI=1S/C13H15NO3/c1-9(10(2)13(16)17)12(15)14(3)11-7-5-4-6-8-11/h4-8H,1-3H3,(H,16,17). The number of aliphatic carboxylic acids is 1. The molecule has 0 aromatic heterocycles. The highest BCUT2D eigenvalue weighted by molar-refractivity contribution is 6.09. The number of nitrogens with zero attached hydrogens (tertiary/aromatic N) is 1. The minimum Gasteiger partial charge on any atom is -0.478 e. The lowest BCUT2D eigenvalue weighted by molar-refractivity contribution is -0.133. The zero-order valence-corrected chi connectivity index (χ0v) is 10.1. The van der Waals surface area contributed by atoms with E-state index in [1.165, 1.54) is 18.7 Å². The third-order valence-corrected chi connectivity index (χ3v) is 2.65. The maximum absolute atomic E-state index is 12.0. The van der Waals surface area contributed by atoms with E-state index in [4.69, 9.17) is 5.11 Å². The Morgan fingerprint density at radius 1 is 1.06 bits per heavy atom. The van der Waals surface area contributed by atoms with Gasteiger partial charge in [-0.15, -0.1) is 0 Å². The van der Waals surface area contributed by atoms with Crippen LogP contribution in [0.5, 0.6) is 0 Å². The second-order valence-electron chi connectivity index (χ2n) is 3.75. The van der Waals surface area contributed by atoms with Crippen LogP contribution in [0.4, 0.5) is 5.69 Å². The van der Waals surface area contributed by atoms with Crippen LogP contribution in [0.25, 0.3) is 0 Å². The Bertz CT molecular complexity index is 463. The number of carboxylic acid groups (broad SMARTS) is 1. The van der Waals surface area contributed by atoms with Crippen LogP contribution in [0.2, 0.25) is 0 Å². The number of benzene rings is 1. The molecule has 0 aliphatic rings. The minimum absolute atomic E-state index is 0.0674. The van der Waals surface area contributed by atoms with Crippen molar-refractivity contribution in [3.8, 4) is 0 Å². The molecule has 1 aromatic carbocycles. The average molecular weight is 233 g/mol. The Morgan fingerprint density at radius 3 is 2.06 bits per heavy atom. The van der Waals surface area contributed by atoms with Gasteiger partial charge >= 0.3 is 5.97 Å². The van der Waals surface area contributed by atoms with Crippen LogP contribution in [-0.4, -0.2) is 24.0 Å². The molecular formula is C13H15NO3. The molecule has 1 N–H and O–H groups in total. The molecule has 0 bridgehead atoms. The van der Waals surface area contributed by atoms with Crippen molar-refractivity contribution in [3.05, 3.63) is 41.5 Å². The smallest absolute Gasteiger partial charge is 0.331 e. The molecule has 1 rings (SSSR count). The largest absolute Gasteiger partial charge is 0.478 e. The Labute approximate surface area is 100 Å². The van der Waals surface area contributed by atoms with Crippen LogP contribution in [0.3, 0.4) is 0 Å². The summed E-state index contributed by atoms with van der Waals surface area (Å²) in [6.07, 6.45) is 0. The molecule has 0 saturated carbocycles. The monoisotopic (exact) mass is 233 g/mol. The molecular weight excluding hydrogens is 218 g/mol. The second kappa shape index (κ2) is 5.30. The van der Waals surface area contributed by atoms with Gasteiger partial charge in [0, 0.05) is 23.9 Å². The maximum atomic E-state index is 12.0. The lowest BCUT2D eigenvalue weighted by Gasteiger charge is -2.18. The number of amides is 1. The van der Waals surface area contributed by atoms with E-state index in [1.54, 1.807) is 19.2 Å². The fraction of sp³-hybridized carbons (Fsp3) is 0.231. The molecule has 1 amide bonds. The zero-order chi connectivity index (χ0) is 13.0. The third kappa shape index (κ3) is 2.93. The molecule has 0 aliphatic heterocycles. The number of carboxylic acids is 1. The second-order valence-corrected chi connectivity index (χ2v) is 3.75. The molecule has 0 heterocycles. The van der Waals surface area contributed by atoms with Crippen molar-refractivity contribution >= 4 is 17.6 Å². The number of rotatable bonds is 3. The lowest BCUT2D eigenvalue weighted by Crippen LogP contribution is -2.28. The molecule has 0 unspecified atom stereocenters. The highest BCUT2D eigenvalue weighted by Crippen LogP contribution is 2.15. The molecule has 90 valence electrons. The van der Waals surface area contributed by atoms with Gasteiger partial charge in [0.1, 0.15) is 0 Å². The highest BCUT2D eigenvalue weighted by Gasteiger charge is 2.17. The molecule has 0 spiro atoms. The molecule has 0 radical (unpaired) electrons. The summed E-state index contributed by atoms with van der Waals surface area (Å²) in [5.74, 6) is -1.38. The van der Waals surface area contributed by atoms with Gasteiger partial charge in [0.05, 0.1) is 0 Å². The van der Waals surface area contributed by atoms with Crippen molar-refractivity contribution in [2.45, 2.75) is 13.8 Å². The number of likely N-dealkylation sites (N-methyl/N-ethyl adjacent to an activating group) is 1. The quantitative estimate of drug-likeness (QED) is 0.813. The molecule has 0 fully saturated rings. The SMILES string of the molecule is CC(C(=O)O)=C(C)C(=O)N(C)c1ccccc1. The van der Waals surface area contributed by atoms with E-state index in [0.717, 1.165) is 5.69 Å². The number of carbonyl (C=O) groups excluding carboxylic acids is 1. The van der Waals surface area contributed by atoms with Crippen molar-refractivity contribution in [3.63, 3.8) is 0 Å². The number of anilines is 1. The molecule has 0 saturated heterocycles. The van der Waals surface area contributed by atoms with Crippen LogP contribution >= 0.6 is 0 Å². The predicted octanol–water partition coefficient (Wildman–Crippen LogP) is 2.07. The van der Waals surface area contributed by atoms with Crippen molar-refractivity contribution in [1.29, 1.82) is 0 Å². The topological polar surface area (TPSA) is 57.6 Å². The van der Waals surface area contributed by atoms with Gasteiger partial charge < -0.3 is 10.0 Å². The van der Waals surface area contributed by atoms with Crippen molar-refractivity contribution in [2.75, 3.05) is 11.9 Å². The molecule has 0 aliphatic carbocycles. The minimum atomic E-state index is -1.07. The molecule has 17 heavy (non-hydrogen) atoms. The van der Waals surface area contributed by atoms with Crippen LogP contribution < -0.4 is 4.90 Å². The van der Waals surface area contributed by atoms with Crippen molar-refractivity contribution in [1.82, 2.24) is 0 Å². The zero-order valence-electron chi connectivity index (χ0n) is 10.1. The van der Waals surface area contributed by atoms with Gasteiger partial charge in [0.25, 0.3) is 5.91 Å². The number of para-hydroxylation sites is 1. The summed E-state index contributed by atoms with van der Waals surface area (Å²) in [7, 11) is 1.62. The normalized spacial score (nSPS) is 11.7. The van der Waals surface area contributed by atoms with E-state index in [9.17, 15) is 9.59 Å². The summed E-state index contributed by atoms with van der Waals surface area (Å²) in [5, 5.41) is 8.83. The molecule has 1 aromatic rings. The lowest BCUT2D eigenvalue weighted by atomic mass is 10.1. The van der Waals surface area contributed by atoms with Gasteiger partial charge in [-0.3, -0.25) is 4.79 Å². The van der Waals surface area contributed by atoms with Gasteiger partial charge in [0.2, 0.25) is 0 Å². The fourth-order valence-corrected chi connectivity index (χ4v) is 1.34. The number of carbonyl (C=O) groups is 2. The number of hydrogen-bond donors (Lipinski definition) is 1. The maximum Gasteiger partial charge on any atom is 0.331 e. The van der Waals surface area contributed by atoms with E-state index in [1.807, 2.05) is 18.2 Å². The van der Waals surface area contributed by atoms with E-state index >= 15 is 0 Å².